The van der Waals surface area contributed by atoms with E-state index in [9.17, 15) is 0 Å². The fourth-order valence-electron chi connectivity index (χ4n) is 1.81. The summed E-state index contributed by atoms with van der Waals surface area (Å²) in [5.41, 5.74) is 0. The zero-order chi connectivity index (χ0) is 8.97. The molecule has 3 atom stereocenters. The van der Waals surface area contributed by atoms with E-state index in [0.717, 1.165) is 3.92 Å². The summed E-state index contributed by atoms with van der Waals surface area (Å²) in [5, 5.41) is 0. The highest BCUT2D eigenvalue weighted by atomic mass is 127. The zero-order valence-corrected chi connectivity index (χ0v) is 10.2. The predicted molar refractivity (Wildman–Crippen MR) is 60.9 cm³/mol. The number of hydrogen-bond donors (Lipinski definition) is 0. The first kappa shape index (κ1) is 10.8. The SMILES string of the molecule is CCCC(C)OC1CCCC1I. The van der Waals surface area contributed by atoms with Crippen LogP contribution in [0.25, 0.3) is 0 Å². The largest absolute Gasteiger partial charge is 0.374 e. The van der Waals surface area contributed by atoms with E-state index in [4.69, 9.17) is 4.74 Å². The summed E-state index contributed by atoms with van der Waals surface area (Å²) >= 11 is 2.53. The smallest absolute Gasteiger partial charge is 0.0696 e. The van der Waals surface area contributed by atoms with Crippen molar-refractivity contribution in [1.82, 2.24) is 0 Å². The van der Waals surface area contributed by atoms with E-state index in [1.807, 2.05) is 0 Å². The summed E-state index contributed by atoms with van der Waals surface area (Å²) in [6, 6.07) is 0. The van der Waals surface area contributed by atoms with Crippen LogP contribution in [-0.4, -0.2) is 16.1 Å². The standard InChI is InChI=1S/C10H19IO/c1-3-5-8(2)12-10-7-4-6-9(10)11/h8-10H,3-7H2,1-2H3. The van der Waals surface area contributed by atoms with Gasteiger partial charge in [0, 0.05) is 3.92 Å². The minimum absolute atomic E-state index is 0.468. The lowest BCUT2D eigenvalue weighted by atomic mass is 10.2. The molecule has 2 heteroatoms. The highest BCUT2D eigenvalue weighted by Crippen LogP contribution is 2.29. The Morgan fingerprint density at radius 1 is 1.50 bits per heavy atom. The van der Waals surface area contributed by atoms with Crippen molar-refractivity contribution in [3.63, 3.8) is 0 Å². The lowest BCUT2D eigenvalue weighted by Crippen LogP contribution is -2.23. The summed E-state index contributed by atoms with van der Waals surface area (Å²) < 4.78 is 6.72. The van der Waals surface area contributed by atoms with Gasteiger partial charge in [0.05, 0.1) is 12.2 Å². The third-order valence-electron chi connectivity index (χ3n) is 2.47. The van der Waals surface area contributed by atoms with E-state index < -0.39 is 0 Å². The van der Waals surface area contributed by atoms with Gasteiger partial charge >= 0.3 is 0 Å². The molecule has 1 fully saturated rings. The summed E-state index contributed by atoms with van der Waals surface area (Å²) in [7, 11) is 0. The van der Waals surface area contributed by atoms with Gasteiger partial charge in [0.1, 0.15) is 0 Å². The van der Waals surface area contributed by atoms with Gasteiger partial charge in [0.25, 0.3) is 0 Å². The van der Waals surface area contributed by atoms with Crippen molar-refractivity contribution in [2.45, 2.75) is 62.1 Å². The zero-order valence-electron chi connectivity index (χ0n) is 8.05. The Balaban J connectivity index is 2.20. The minimum Gasteiger partial charge on any atom is -0.374 e. The molecule has 0 bridgehead atoms. The van der Waals surface area contributed by atoms with E-state index >= 15 is 0 Å². The van der Waals surface area contributed by atoms with Crippen molar-refractivity contribution >= 4 is 22.6 Å². The van der Waals surface area contributed by atoms with Gasteiger partial charge in [-0.1, -0.05) is 35.9 Å². The van der Waals surface area contributed by atoms with Gasteiger partial charge < -0.3 is 4.74 Å². The maximum atomic E-state index is 5.96. The lowest BCUT2D eigenvalue weighted by Gasteiger charge is -2.20. The first-order chi connectivity index (χ1) is 5.74. The third-order valence-corrected chi connectivity index (χ3v) is 3.90. The molecule has 0 aromatic carbocycles. The molecule has 1 aliphatic carbocycles. The Bertz CT molecular complexity index is 127. The van der Waals surface area contributed by atoms with Gasteiger partial charge in [0.2, 0.25) is 0 Å². The molecule has 0 N–H and O–H groups in total. The second-order valence-electron chi connectivity index (χ2n) is 3.72. The van der Waals surface area contributed by atoms with Crippen LogP contribution >= 0.6 is 22.6 Å². The molecule has 1 nitrogen and oxygen atoms in total. The summed E-state index contributed by atoms with van der Waals surface area (Å²) in [5.74, 6) is 0. The molecule has 0 saturated heterocycles. The van der Waals surface area contributed by atoms with Gasteiger partial charge in [-0.05, 0) is 32.6 Å². The first-order valence-corrected chi connectivity index (χ1v) is 6.28. The number of hydrogen-bond acceptors (Lipinski definition) is 1. The molecule has 12 heavy (non-hydrogen) atoms. The Hall–Kier alpha value is 0.690. The second-order valence-corrected chi connectivity index (χ2v) is 5.32. The highest BCUT2D eigenvalue weighted by Gasteiger charge is 2.26. The number of alkyl halides is 1. The van der Waals surface area contributed by atoms with Crippen LogP contribution < -0.4 is 0 Å². The molecule has 0 aliphatic heterocycles. The molecule has 0 amide bonds. The summed E-state index contributed by atoms with van der Waals surface area (Å²) in [6.07, 6.45) is 7.45. The van der Waals surface area contributed by atoms with Crippen molar-refractivity contribution in [3.8, 4) is 0 Å². The van der Waals surface area contributed by atoms with Gasteiger partial charge in [-0.25, -0.2) is 0 Å². The van der Waals surface area contributed by atoms with Crippen molar-refractivity contribution in [2.24, 2.45) is 0 Å². The molecule has 0 heterocycles. The fourth-order valence-corrected chi connectivity index (χ4v) is 2.78. The Kier molecular flexibility index (Phi) is 4.87. The molecule has 0 radical (unpaired) electrons. The average molecular weight is 282 g/mol. The maximum absolute atomic E-state index is 5.96. The van der Waals surface area contributed by atoms with Crippen LogP contribution in [0.15, 0.2) is 0 Å². The minimum atomic E-state index is 0.468. The maximum Gasteiger partial charge on any atom is 0.0696 e. The van der Waals surface area contributed by atoms with Crippen molar-refractivity contribution in [3.05, 3.63) is 0 Å². The van der Waals surface area contributed by atoms with Gasteiger partial charge in [-0.15, -0.1) is 0 Å². The lowest BCUT2D eigenvalue weighted by molar-refractivity contribution is 0.00266. The van der Waals surface area contributed by atoms with Crippen LogP contribution in [0, 0.1) is 0 Å². The Morgan fingerprint density at radius 2 is 2.25 bits per heavy atom. The first-order valence-electron chi connectivity index (χ1n) is 5.03. The Morgan fingerprint density at radius 3 is 2.75 bits per heavy atom. The molecule has 0 spiro atoms. The number of halogens is 1. The highest BCUT2D eigenvalue weighted by molar-refractivity contribution is 14.1. The molecule has 1 rings (SSSR count). The topological polar surface area (TPSA) is 9.23 Å². The molecule has 1 aliphatic rings. The molecule has 72 valence electrons. The van der Waals surface area contributed by atoms with Crippen molar-refractivity contribution in [1.29, 1.82) is 0 Å². The van der Waals surface area contributed by atoms with Crippen LogP contribution in [0.1, 0.15) is 46.0 Å². The van der Waals surface area contributed by atoms with E-state index in [-0.39, 0.29) is 0 Å². The van der Waals surface area contributed by atoms with Gasteiger partial charge in [-0.2, -0.15) is 0 Å². The van der Waals surface area contributed by atoms with Crippen molar-refractivity contribution < 1.29 is 4.74 Å². The molecule has 0 aromatic rings. The predicted octanol–water partition coefficient (Wildman–Crippen LogP) is 3.55. The van der Waals surface area contributed by atoms with E-state index in [2.05, 4.69) is 36.4 Å². The van der Waals surface area contributed by atoms with Gasteiger partial charge in [0.15, 0.2) is 0 Å². The molecular weight excluding hydrogens is 263 g/mol. The summed E-state index contributed by atoms with van der Waals surface area (Å²) in [6.45, 7) is 4.42. The van der Waals surface area contributed by atoms with Gasteiger partial charge in [-0.3, -0.25) is 0 Å². The summed E-state index contributed by atoms with van der Waals surface area (Å²) in [4.78, 5) is 0. The molecular formula is C10H19IO. The quantitative estimate of drug-likeness (QED) is 0.566. The van der Waals surface area contributed by atoms with Crippen LogP contribution in [0.3, 0.4) is 0 Å². The van der Waals surface area contributed by atoms with E-state index in [1.54, 1.807) is 0 Å². The monoisotopic (exact) mass is 282 g/mol. The van der Waals surface area contributed by atoms with Crippen molar-refractivity contribution in [2.75, 3.05) is 0 Å². The molecule has 1 saturated carbocycles. The second kappa shape index (κ2) is 5.43. The van der Waals surface area contributed by atoms with Crippen LogP contribution in [0.2, 0.25) is 0 Å². The Labute approximate surface area is 89.4 Å². The van der Waals surface area contributed by atoms with Crippen LogP contribution in [0.5, 0.6) is 0 Å². The fraction of sp³-hybridized carbons (Fsp3) is 1.00. The normalized spacial score (nSPS) is 32.2. The molecule has 3 unspecified atom stereocenters. The van der Waals surface area contributed by atoms with E-state index in [0.29, 0.717) is 12.2 Å². The number of ether oxygens (including phenoxy) is 1. The van der Waals surface area contributed by atoms with Crippen LogP contribution in [0.4, 0.5) is 0 Å². The van der Waals surface area contributed by atoms with Crippen LogP contribution in [-0.2, 0) is 4.74 Å². The average Bonchev–Trinajstić information content (AvgIpc) is 2.37. The van der Waals surface area contributed by atoms with E-state index in [1.165, 1.54) is 32.1 Å². The molecule has 0 aromatic heterocycles. The number of rotatable bonds is 4. The third kappa shape index (κ3) is 3.21.